The Morgan fingerprint density at radius 3 is 1.80 bits per heavy atom. The van der Waals surface area contributed by atoms with Gasteiger partial charge in [0.2, 0.25) is 0 Å². The van der Waals surface area contributed by atoms with Crippen LogP contribution in [0, 0.1) is 0 Å². The van der Waals surface area contributed by atoms with Gasteiger partial charge in [0.1, 0.15) is 36.1 Å². The number of allylic oxidation sites excluding steroid dienone is 1. The second-order valence-electron chi connectivity index (χ2n) is 23.8. The number of carbonyl (C=O) groups is 1. The Morgan fingerprint density at radius 1 is 0.676 bits per heavy atom. The van der Waals surface area contributed by atoms with Crippen molar-refractivity contribution >= 4 is 26.6 Å². The summed E-state index contributed by atoms with van der Waals surface area (Å²) >= 11 is 0. The third-order valence-corrected chi connectivity index (χ3v) is 19.2. The van der Waals surface area contributed by atoms with Crippen molar-refractivity contribution in [2.24, 2.45) is 0 Å². The number of rotatable bonds is 9. The van der Waals surface area contributed by atoms with Gasteiger partial charge in [0.25, 0.3) is 0 Å². The van der Waals surface area contributed by atoms with Crippen LogP contribution in [-0.4, -0.2) is 199 Å². The highest BCUT2D eigenvalue weighted by molar-refractivity contribution is 7.81. The normalized spacial score (nSPS) is 51.1. The first-order chi connectivity index (χ1) is 34.7. The van der Waals surface area contributed by atoms with Crippen molar-refractivity contribution in [3.8, 4) is 0 Å². The Hall–Kier alpha value is -1.63. The van der Waals surface area contributed by atoms with Crippen LogP contribution in [0.15, 0.2) is 24.3 Å². The molecule has 4 N–H and O–H groups in total. The molecule has 11 aliphatic heterocycles. The minimum Gasteiger partial charge on any atom is -0.387 e. The topological polar surface area (TPSA) is 286 Å². The molecule has 0 spiro atoms. The predicted octanol–water partition coefficient (Wildman–Crippen LogP) is 2.88. The highest BCUT2D eigenvalue weighted by Crippen LogP contribution is 2.52. The van der Waals surface area contributed by atoms with Gasteiger partial charge in [-0.1, -0.05) is 6.58 Å². The Balaban J connectivity index is 0.737. The summed E-state index contributed by atoms with van der Waals surface area (Å²) in [6.07, 6.45) is -1.18. The summed E-state index contributed by atoms with van der Waals surface area (Å²) in [5.74, 6) is -0.193. The summed E-state index contributed by atoms with van der Waals surface area (Å²) in [5.41, 5.74) is -3.57. The van der Waals surface area contributed by atoms with Crippen LogP contribution in [0.25, 0.3) is 0 Å². The third kappa shape index (κ3) is 10.8. The molecule has 25 atom stereocenters. The third-order valence-electron chi connectivity index (χ3n) is 18.2. The summed E-state index contributed by atoms with van der Waals surface area (Å²) in [6.45, 7) is 12.4. The van der Waals surface area contributed by atoms with E-state index in [2.05, 4.69) is 24.6 Å². The second kappa shape index (κ2) is 19.9. The maximum Gasteiger partial charge on any atom is 0.397 e. The number of aliphatic hydroxyl groups excluding tert-OH is 1. The standard InChI is InChI=1S/C50H74O22S2/c1-24-16-28-35(69-46(24)47(3,53)12-9-25(2)51)21-39-45(68-28)43(52)44-38(64-39)20-30-26(67-44)8-7-11-49(5)40(66-30)23-41-50(6,72-49)13-10-27-29(65-41)17-32-31(61-27)18-33-34(62-32)19-37-36(63-33)22-42(71-74(57,58)59)48(4,70-37)14-15-60-73(54,55)56/h9,12,26-46,52-53H,1,7-8,10-11,13-23H2,2-6H3,(H,54,55,56)(H,57,58,59)/b12-9+. The average molecular weight is 1090 g/mol. The lowest BCUT2D eigenvalue weighted by atomic mass is 9.76. The smallest absolute Gasteiger partial charge is 0.387 e. The van der Waals surface area contributed by atoms with Gasteiger partial charge in [-0.2, -0.15) is 16.8 Å². The number of hydrogen-bond acceptors (Lipinski definition) is 20. The summed E-state index contributed by atoms with van der Waals surface area (Å²) < 4.78 is 149. The highest BCUT2D eigenvalue weighted by atomic mass is 32.3. The Labute approximate surface area is 432 Å². The summed E-state index contributed by atoms with van der Waals surface area (Å²) in [6, 6.07) is 0. The van der Waals surface area contributed by atoms with Gasteiger partial charge < -0.3 is 62.3 Å². The van der Waals surface area contributed by atoms with Crippen LogP contribution in [0.1, 0.15) is 125 Å². The second-order valence-corrected chi connectivity index (χ2v) is 26.0. The minimum absolute atomic E-state index is 0.000925. The molecule has 0 aromatic rings. The fourth-order valence-electron chi connectivity index (χ4n) is 14.5. The lowest BCUT2D eigenvalue weighted by Gasteiger charge is -2.57. The first-order valence-electron chi connectivity index (χ1n) is 26.6. The zero-order chi connectivity index (χ0) is 52.5. The van der Waals surface area contributed by atoms with Crippen LogP contribution in [0.4, 0.5) is 0 Å². The molecule has 22 nitrogen and oxygen atoms in total. The largest absolute Gasteiger partial charge is 0.397 e. The molecular formula is C50H74O22S2. The van der Waals surface area contributed by atoms with Crippen molar-refractivity contribution in [2.45, 2.75) is 275 Å². The van der Waals surface area contributed by atoms with Gasteiger partial charge >= 0.3 is 20.8 Å². The van der Waals surface area contributed by atoms with E-state index in [4.69, 9.17) is 60.8 Å². The zero-order valence-electron chi connectivity index (χ0n) is 42.5. The first-order valence-corrected chi connectivity index (χ1v) is 29.3. The van der Waals surface area contributed by atoms with Crippen molar-refractivity contribution in [1.82, 2.24) is 0 Å². The fraction of sp³-hybridized carbons (Fsp3) is 0.900. The molecule has 11 heterocycles. The molecule has 0 amide bonds. The van der Waals surface area contributed by atoms with Gasteiger partial charge in [0.05, 0.1) is 121 Å². The molecular weight excluding hydrogens is 1020 g/mol. The van der Waals surface area contributed by atoms with Gasteiger partial charge in [0, 0.05) is 51.4 Å². The molecule has 24 heteroatoms. The van der Waals surface area contributed by atoms with Crippen LogP contribution in [-0.2, 0) is 86.1 Å². The van der Waals surface area contributed by atoms with E-state index in [1.165, 1.54) is 26.0 Å². The van der Waals surface area contributed by atoms with E-state index in [1.807, 2.05) is 0 Å². The van der Waals surface area contributed by atoms with Crippen LogP contribution in [0.3, 0.4) is 0 Å². The first kappa shape index (κ1) is 54.3. The lowest BCUT2D eigenvalue weighted by molar-refractivity contribution is -0.344. The van der Waals surface area contributed by atoms with Crippen LogP contribution >= 0.6 is 0 Å². The zero-order valence-corrected chi connectivity index (χ0v) is 44.2. The molecule has 11 saturated heterocycles. The van der Waals surface area contributed by atoms with Crippen LogP contribution < -0.4 is 0 Å². The van der Waals surface area contributed by atoms with E-state index in [9.17, 15) is 36.4 Å². The molecule has 418 valence electrons. The highest BCUT2D eigenvalue weighted by Gasteiger charge is 2.62. The molecule has 0 aliphatic carbocycles. The summed E-state index contributed by atoms with van der Waals surface area (Å²) in [7, 11) is -9.73. The van der Waals surface area contributed by atoms with Crippen molar-refractivity contribution < 1.29 is 101 Å². The molecule has 0 radical (unpaired) electrons. The predicted molar refractivity (Wildman–Crippen MR) is 253 cm³/mol. The molecule has 0 bridgehead atoms. The van der Waals surface area contributed by atoms with E-state index in [1.54, 1.807) is 6.92 Å². The minimum atomic E-state index is -4.94. The number of fused-ring (bicyclic) bond motifs is 10. The monoisotopic (exact) mass is 1090 g/mol. The van der Waals surface area contributed by atoms with Crippen molar-refractivity contribution in [2.75, 3.05) is 6.61 Å². The number of ether oxygens (including phenoxy) is 11. The maximum absolute atomic E-state index is 11.9. The van der Waals surface area contributed by atoms with Gasteiger partial charge in [-0.05, 0) is 90.9 Å². The van der Waals surface area contributed by atoms with E-state index in [0.717, 1.165) is 12.8 Å². The summed E-state index contributed by atoms with van der Waals surface area (Å²) in [4.78, 5) is 11.7. The van der Waals surface area contributed by atoms with Gasteiger partial charge in [0.15, 0.2) is 5.78 Å². The van der Waals surface area contributed by atoms with E-state index < -0.39 is 129 Å². The van der Waals surface area contributed by atoms with Gasteiger partial charge in [-0.15, -0.1) is 0 Å². The molecule has 11 aliphatic rings. The number of hydrogen-bond donors (Lipinski definition) is 4. The number of carbonyl (C=O) groups excluding carboxylic acids is 1. The quantitative estimate of drug-likeness (QED) is 0.147. The maximum atomic E-state index is 11.9. The fourth-order valence-corrected chi connectivity index (χ4v) is 15.4. The van der Waals surface area contributed by atoms with Crippen LogP contribution in [0.5, 0.6) is 0 Å². The molecule has 74 heavy (non-hydrogen) atoms. The number of aliphatic hydroxyl groups is 2. The molecule has 0 saturated carbocycles. The molecule has 11 rings (SSSR count). The molecule has 0 aromatic carbocycles. The SMILES string of the molecule is C=C1CC2OC3C(CC2OC1C(C)(O)/C=C/C(C)=O)OC1CC2OC4CC5OC6CC7OC8CC9OC(C)(CCOS(=O)(=O)O)C(OS(=O)(=O)O)CC9OC8CC7OC6CCC5(C)OC4(C)CCCC2OC1C3O. The number of ketones is 1. The van der Waals surface area contributed by atoms with Gasteiger partial charge in [-0.3, -0.25) is 13.9 Å². The Kier molecular flexibility index (Phi) is 14.6. The van der Waals surface area contributed by atoms with Gasteiger partial charge in [-0.25, -0.2) is 8.37 Å². The molecule has 0 aromatic heterocycles. The van der Waals surface area contributed by atoms with Crippen molar-refractivity contribution in [1.29, 1.82) is 0 Å². The van der Waals surface area contributed by atoms with Crippen LogP contribution in [0.2, 0.25) is 0 Å². The van der Waals surface area contributed by atoms with E-state index in [0.29, 0.717) is 69.8 Å². The summed E-state index contributed by atoms with van der Waals surface area (Å²) in [5, 5.41) is 23.2. The van der Waals surface area contributed by atoms with E-state index in [-0.39, 0.29) is 67.5 Å². The average Bonchev–Trinajstić information content (AvgIpc) is 3.44. The van der Waals surface area contributed by atoms with E-state index >= 15 is 0 Å². The van der Waals surface area contributed by atoms with Crippen molar-refractivity contribution in [3.05, 3.63) is 24.3 Å². The lowest BCUT2D eigenvalue weighted by Crippen LogP contribution is -2.69. The Bertz CT molecular complexity index is 2390. The molecule has 11 fully saturated rings. The Morgan fingerprint density at radius 2 is 1.19 bits per heavy atom. The molecule has 25 unspecified atom stereocenters. The van der Waals surface area contributed by atoms with Crippen molar-refractivity contribution in [3.63, 3.8) is 0 Å².